The molecule has 0 saturated carbocycles. The quantitative estimate of drug-likeness (QED) is 0.282. The molecule has 0 atom stereocenters. The lowest BCUT2D eigenvalue weighted by Gasteiger charge is -2.12. The Bertz CT molecular complexity index is 1630. The van der Waals surface area contributed by atoms with Crippen LogP contribution in [0.25, 0.3) is 21.5 Å². The minimum absolute atomic E-state index is 0.107. The van der Waals surface area contributed by atoms with E-state index < -0.39 is 22.8 Å². The molecule has 0 bridgehead atoms. The van der Waals surface area contributed by atoms with Crippen LogP contribution in [-0.2, 0) is 16.6 Å². The molecule has 11 nitrogen and oxygen atoms in total. The first-order valence-electron chi connectivity index (χ1n) is 11.3. The van der Waals surface area contributed by atoms with E-state index in [4.69, 9.17) is 9.47 Å². The number of halogens is 1. The Hall–Kier alpha value is -4.22. The maximum atomic E-state index is 12.9. The van der Waals surface area contributed by atoms with Gasteiger partial charge < -0.3 is 19.4 Å². The number of carbonyl (C=O) groups excluding carboxylic acids is 1. The van der Waals surface area contributed by atoms with Gasteiger partial charge in [0.05, 0.1) is 29.0 Å². The number of alkyl halides is 1. The fraction of sp³-hybridized carbons (Fsp3) is 0.250. The highest BCUT2D eigenvalue weighted by molar-refractivity contribution is 7.89. The van der Waals surface area contributed by atoms with Gasteiger partial charge in [-0.1, -0.05) is 12.1 Å². The fourth-order valence-electron chi connectivity index (χ4n) is 3.81. The SMILES string of the molecule is CCOc1cc(-c2cc(NCCn3c(C#N)cc4cccc(OCF)c43)ncn2)sc1C(=O)NS(C)(=O)=O. The summed E-state index contributed by atoms with van der Waals surface area (Å²) in [6, 6.07) is 12.4. The number of para-hydroxylation sites is 1. The maximum absolute atomic E-state index is 12.9. The second-order valence-electron chi connectivity index (χ2n) is 7.90. The molecule has 0 fully saturated rings. The van der Waals surface area contributed by atoms with Crippen LogP contribution in [0.2, 0.25) is 0 Å². The highest BCUT2D eigenvalue weighted by Crippen LogP contribution is 2.36. The number of nitrogens with one attached hydrogen (secondary N) is 2. The van der Waals surface area contributed by atoms with Crippen LogP contribution in [0, 0.1) is 11.3 Å². The van der Waals surface area contributed by atoms with Gasteiger partial charge in [0, 0.05) is 30.6 Å². The summed E-state index contributed by atoms with van der Waals surface area (Å²) in [5, 5.41) is 13.5. The molecule has 0 aliphatic carbocycles. The lowest BCUT2D eigenvalue weighted by molar-refractivity contribution is 0.0982. The number of benzene rings is 1. The summed E-state index contributed by atoms with van der Waals surface area (Å²) >= 11 is 1.04. The molecule has 1 amide bonds. The van der Waals surface area contributed by atoms with Crippen molar-refractivity contribution in [3.63, 3.8) is 0 Å². The summed E-state index contributed by atoms with van der Waals surface area (Å²) < 4.78 is 50.2. The van der Waals surface area contributed by atoms with Gasteiger partial charge in [-0.25, -0.2) is 27.5 Å². The van der Waals surface area contributed by atoms with Crippen LogP contribution in [0.5, 0.6) is 11.5 Å². The van der Waals surface area contributed by atoms with Crippen LogP contribution in [0.15, 0.2) is 42.7 Å². The highest BCUT2D eigenvalue weighted by Gasteiger charge is 2.22. The van der Waals surface area contributed by atoms with Crippen LogP contribution in [0.3, 0.4) is 0 Å². The van der Waals surface area contributed by atoms with Gasteiger partial charge in [0.2, 0.25) is 16.9 Å². The van der Waals surface area contributed by atoms with Crippen molar-refractivity contribution in [2.24, 2.45) is 0 Å². The molecule has 38 heavy (non-hydrogen) atoms. The molecule has 0 radical (unpaired) electrons. The van der Waals surface area contributed by atoms with Gasteiger partial charge in [0.1, 0.15) is 40.3 Å². The van der Waals surface area contributed by atoms with Gasteiger partial charge >= 0.3 is 0 Å². The van der Waals surface area contributed by atoms with E-state index in [9.17, 15) is 22.9 Å². The predicted molar refractivity (Wildman–Crippen MR) is 141 cm³/mol. The third-order valence-electron chi connectivity index (χ3n) is 5.25. The number of aromatic nitrogens is 3. The lowest BCUT2D eigenvalue weighted by atomic mass is 10.2. The van der Waals surface area contributed by atoms with Crippen LogP contribution in [0.4, 0.5) is 10.2 Å². The number of thiophene rings is 1. The van der Waals surface area contributed by atoms with Gasteiger partial charge in [-0.2, -0.15) is 5.26 Å². The zero-order chi connectivity index (χ0) is 27.3. The molecule has 0 spiro atoms. The molecular weight excluding hydrogens is 535 g/mol. The Balaban J connectivity index is 1.54. The molecular formula is C24H23FN6O5S2. The predicted octanol–water partition coefficient (Wildman–Crippen LogP) is 3.54. The number of ether oxygens (including phenoxy) is 2. The molecule has 14 heteroatoms. The van der Waals surface area contributed by atoms with Crippen LogP contribution < -0.4 is 19.5 Å². The number of sulfonamides is 1. The Morgan fingerprint density at radius 2 is 2.03 bits per heavy atom. The largest absolute Gasteiger partial charge is 0.492 e. The number of nitrogens with zero attached hydrogens (tertiary/aromatic N) is 4. The molecule has 2 N–H and O–H groups in total. The topological polar surface area (TPSA) is 148 Å². The van der Waals surface area contributed by atoms with Crippen molar-refractivity contribution in [3.8, 4) is 28.1 Å². The van der Waals surface area contributed by atoms with Gasteiger partial charge in [0.25, 0.3) is 5.91 Å². The minimum atomic E-state index is -3.75. The molecule has 3 aromatic heterocycles. The Morgan fingerprint density at radius 3 is 2.74 bits per heavy atom. The number of hydrogen-bond donors (Lipinski definition) is 2. The average molecular weight is 559 g/mol. The van der Waals surface area contributed by atoms with Gasteiger partial charge in [-0.3, -0.25) is 4.79 Å². The number of carbonyl (C=O) groups is 1. The number of amides is 1. The van der Waals surface area contributed by atoms with Gasteiger partial charge in [-0.05, 0) is 19.1 Å². The summed E-state index contributed by atoms with van der Waals surface area (Å²) in [4.78, 5) is 21.7. The first-order valence-corrected chi connectivity index (χ1v) is 14.0. The van der Waals surface area contributed by atoms with E-state index in [0.717, 1.165) is 23.0 Å². The van der Waals surface area contributed by atoms with Crippen molar-refractivity contribution in [1.82, 2.24) is 19.3 Å². The third-order valence-corrected chi connectivity index (χ3v) is 6.94. The zero-order valence-electron chi connectivity index (χ0n) is 20.4. The number of hydrogen-bond acceptors (Lipinski definition) is 10. The number of anilines is 1. The second-order valence-corrected chi connectivity index (χ2v) is 10.7. The number of rotatable bonds is 11. The molecule has 4 aromatic rings. The van der Waals surface area contributed by atoms with Crippen LogP contribution in [-0.4, -0.2) is 55.1 Å². The van der Waals surface area contributed by atoms with Crippen molar-refractivity contribution < 1.29 is 27.1 Å². The fourth-order valence-corrected chi connectivity index (χ4v) is 5.28. The van der Waals surface area contributed by atoms with Gasteiger partial charge in [-0.15, -0.1) is 11.3 Å². The van der Waals surface area contributed by atoms with E-state index in [1.807, 2.05) is 10.8 Å². The summed E-state index contributed by atoms with van der Waals surface area (Å²) in [6.45, 7) is 1.78. The maximum Gasteiger partial charge on any atom is 0.278 e. The summed E-state index contributed by atoms with van der Waals surface area (Å²) in [7, 11) is -3.75. The molecule has 0 aliphatic rings. The summed E-state index contributed by atoms with van der Waals surface area (Å²) in [6.07, 6.45) is 2.25. The zero-order valence-corrected chi connectivity index (χ0v) is 22.0. The van der Waals surface area contributed by atoms with E-state index in [-0.39, 0.29) is 17.2 Å². The Labute approximate surface area is 221 Å². The molecule has 0 aliphatic heterocycles. The van der Waals surface area contributed by atoms with Crippen molar-refractivity contribution >= 4 is 44.0 Å². The normalized spacial score (nSPS) is 11.2. The lowest BCUT2D eigenvalue weighted by Crippen LogP contribution is -2.28. The Kier molecular flexibility index (Phi) is 8.08. The third kappa shape index (κ3) is 6.01. The van der Waals surface area contributed by atoms with E-state index >= 15 is 0 Å². The molecule has 0 unspecified atom stereocenters. The Morgan fingerprint density at radius 1 is 1.21 bits per heavy atom. The number of nitriles is 1. The standard InChI is InChI=1S/C24H23FN6O5S2/c1-3-35-19-11-20(37-23(19)24(32)30-38(2,33)34)17-10-21(29-14-28-17)27-7-8-31-16(12-26)9-15-5-4-6-18(22(15)31)36-13-25/h4-6,9-11,14H,3,7-8,13H2,1-2H3,(H,30,32)(H,27,28,29). The highest BCUT2D eigenvalue weighted by atomic mass is 32.2. The van der Waals surface area contributed by atoms with E-state index in [1.165, 1.54) is 6.33 Å². The van der Waals surface area contributed by atoms with Crippen molar-refractivity contribution in [1.29, 1.82) is 5.26 Å². The average Bonchev–Trinajstić information content (AvgIpc) is 3.46. The van der Waals surface area contributed by atoms with E-state index in [0.29, 0.717) is 46.4 Å². The first kappa shape index (κ1) is 26.8. The summed E-state index contributed by atoms with van der Waals surface area (Å²) in [5.74, 6) is 0.285. The molecule has 4 rings (SSSR count). The van der Waals surface area contributed by atoms with E-state index in [2.05, 4.69) is 21.4 Å². The molecule has 198 valence electrons. The van der Waals surface area contributed by atoms with E-state index in [1.54, 1.807) is 41.8 Å². The number of fused-ring (bicyclic) bond motifs is 1. The second kappa shape index (κ2) is 11.4. The molecule has 3 heterocycles. The first-order chi connectivity index (χ1) is 18.2. The van der Waals surface area contributed by atoms with Crippen molar-refractivity contribution in [3.05, 3.63) is 53.3 Å². The molecule has 0 saturated heterocycles. The van der Waals surface area contributed by atoms with Crippen LogP contribution in [0.1, 0.15) is 22.3 Å². The van der Waals surface area contributed by atoms with Gasteiger partial charge in [0.15, 0.2) is 0 Å². The smallest absolute Gasteiger partial charge is 0.278 e. The monoisotopic (exact) mass is 558 g/mol. The molecule has 1 aromatic carbocycles. The summed E-state index contributed by atoms with van der Waals surface area (Å²) in [5.41, 5.74) is 1.52. The van der Waals surface area contributed by atoms with Crippen LogP contribution >= 0.6 is 11.3 Å². The van der Waals surface area contributed by atoms with Crippen molar-refractivity contribution in [2.45, 2.75) is 13.5 Å². The minimum Gasteiger partial charge on any atom is -0.492 e. The van der Waals surface area contributed by atoms with Crippen molar-refractivity contribution in [2.75, 3.05) is 31.6 Å².